The van der Waals surface area contributed by atoms with Crippen LogP contribution in [-0.2, 0) is 29.4 Å². The van der Waals surface area contributed by atoms with Crippen molar-refractivity contribution in [3.63, 3.8) is 0 Å². The molecule has 0 fully saturated rings. The molecule has 0 unspecified atom stereocenters. The molecule has 4 rings (SSSR count). The van der Waals surface area contributed by atoms with Crippen molar-refractivity contribution in [2.24, 2.45) is 0 Å². The van der Waals surface area contributed by atoms with Gasteiger partial charge in [0.05, 0.1) is 17.7 Å². The van der Waals surface area contributed by atoms with Crippen LogP contribution in [-0.4, -0.2) is 40.6 Å². The number of benzene rings is 3. The molecule has 0 saturated heterocycles. The summed E-state index contributed by atoms with van der Waals surface area (Å²) in [6, 6.07) is 16.6. The van der Waals surface area contributed by atoms with E-state index in [1.807, 2.05) is 12.1 Å². The van der Waals surface area contributed by atoms with Crippen molar-refractivity contribution in [2.45, 2.75) is 24.3 Å². The number of halogens is 2. The Morgan fingerprint density at radius 1 is 0.971 bits per heavy atom. The molecular weight excluding hydrogens is 477 g/mol. The fraction of sp³-hybridized carbons (Fsp3) is 0.280. The summed E-state index contributed by atoms with van der Waals surface area (Å²) in [5, 5.41) is 3.19. The van der Waals surface area contributed by atoms with Crippen LogP contribution in [0.1, 0.15) is 16.7 Å². The molecule has 3 aromatic rings. The van der Waals surface area contributed by atoms with Gasteiger partial charge in [-0.05, 0) is 85.1 Å². The van der Waals surface area contributed by atoms with Crippen LogP contribution in [0.15, 0.2) is 65.6 Å². The van der Waals surface area contributed by atoms with Crippen LogP contribution in [0.5, 0.6) is 5.75 Å². The third-order valence-corrected chi connectivity index (χ3v) is 7.25. The standard InChI is InChI=1S/C25H28FN3O3S.ClH/c1-29-13-11-19-15-24(25(32-2)16-20(19)12-14-29)28-33(30,31)23-9-3-18(4-10-23)17-27-22-7-5-21(26)6-8-22;/h3-10,15-16,27-28H,11-14,17H2,1-2H3;1H. The summed E-state index contributed by atoms with van der Waals surface area (Å²) in [5.41, 5.74) is 4.47. The van der Waals surface area contributed by atoms with Gasteiger partial charge in [0.25, 0.3) is 10.0 Å². The number of anilines is 2. The highest BCUT2D eigenvalue weighted by Crippen LogP contribution is 2.32. The molecule has 2 N–H and O–H groups in total. The number of hydrogen-bond acceptors (Lipinski definition) is 5. The smallest absolute Gasteiger partial charge is 0.262 e. The van der Waals surface area contributed by atoms with E-state index in [4.69, 9.17) is 4.74 Å². The Morgan fingerprint density at radius 2 is 1.59 bits per heavy atom. The molecular formula is C25H29ClFN3O3S. The molecule has 34 heavy (non-hydrogen) atoms. The van der Waals surface area contributed by atoms with Crippen LogP contribution in [0.25, 0.3) is 0 Å². The summed E-state index contributed by atoms with van der Waals surface area (Å²) in [5.74, 6) is 0.225. The quantitative estimate of drug-likeness (QED) is 0.487. The molecule has 0 amide bonds. The molecule has 0 bridgehead atoms. The second-order valence-electron chi connectivity index (χ2n) is 8.23. The first-order valence-corrected chi connectivity index (χ1v) is 12.3. The minimum Gasteiger partial charge on any atom is -0.495 e. The van der Waals surface area contributed by atoms with Crippen molar-refractivity contribution in [1.82, 2.24) is 4.90 Å². The van der Waals surface area contributed by atoms with E-state index in [9.17, 15) is 12.8 Å². The number of hydrogen-bond donors (Lipinski definition) is 2. The van der Waals surface area contributed by atoms with E-state index < -0.39 is 10.0 Å². The second-order valence-corrected chi connectivity index (χ2v) is 9.92. The topological polar surface area (TPSA) is 70.7 Å². The first kappa shape index (κ1) is 25.8. The average Bonchev–Trinajstić information content (AvgIpc) is 2.99. The van der Waals surface area contributed by atoms with Gasteiger partial charge in [-0.25, -0.2) is 12.8 Å². The zero-order valence-electron chi connectivity index (χ0n) is 19.2. The van der Waals surface area contributed by atoms with Crippen molar-refractivity contribution >= 4 is 33.8 Å². The van der Waals surface area contributed by atoms with Crippen LogP contribution in [0.4, 0.5) is 15.8 Å². The average molecular weight is 506 g/mol. The van der Waals surface area contributed by atoms with E-state index in [1.165, 1.54) is 17.7 Å². The first-order chi connectivity index (χ1) is 15.8. The summed E-state index contributed by atoms with van der Waals surface area (Å²) < 4.78 is 47.3. The second kappa shape index (κ2) is 11.1. The number of fused-ring (bicyclic) bond motifs is 1. The van der Waals surface area contributed by atoms with Gasteiger partial charge in [-0.1, -0.05) is 12.1 Å². The van der Waals surface area contributed by atoms with Gasteiger partial charge in [0.15, 0.2) is 0 Å². The highest BCUT2D eigenvalue weighted by Gasteiger charge is 2.20. The summed E-state index contributed by atoms with van der Waals surface area (Å²) in [4.78, 5) is 2.44. The van der Waals surface area contributed by atoms with Gasteiger partial charge in [-0.3, -0.25) is 4.72 Å². The van der Waals surface area contributed by atoms with Gasteiger partial charge < -0.3 is 15.0 Å². The number of rotatable bonds is 7. The summed E-state index contributed by atoms with van der Waals surface area (Å²) >= 11 is 0. The number of likely N-dealkylation sites (N-methyl/N-ethyl adjacent to an activating group) is 1. The van der Waals surface area contributed by atoms with E-state index in [1.54, 1.807) is 43.5 Å². The maximum atomic E-state index is 13.1. The number of ether oxygens (including phenoxy) is 1. The zero-order chi connectivity index (χ0) is 23.4. The Kier molecular flexibility index (Phi) is 8.41. The third kappa shape index (κ3) is 6.20. The monoisotopic (exact) mass is 505 g/mol. The molecule has 6 nitrogen and oxygen atoms in total. The molecule has 0 radical (unpaired) electrons. The molecule has 1 heterocycles. The fourth-order valence-electron chi connectivity index (χ4n) is 3.88. The maximum absolute atomic E-state index is 13.1. The van der Waals surface area contributed by atoms with Crippen LogP contribution >= 0.6 is 12.4 Å². The van der Waals surface area contributed by atoms with Crippen molar-refractivity contribution in [1.29, 1.82) is 0 Å². The highest BCUT2D eigenvalue weighted by molar-refractivity contribution is 7.92. The maximum Gasteiger partial charge on any atom is 0.262 e. The molecule has 1 aliphatic rings. The van der Waals surface area contributed by atoms with E-state index in [0.717, 1.165) is 42.7 Å². The molecule has 1 aliphatic heterocycles. The van der Waals surface area contributed by atoms with Gasteiger partial charge in [0.2, 0.25) is 0 Å². The lowest BCUT2D eigenvalue weighted by molar-refractivity contribution is 0.352. The first-order valence-electron chi connectivity index (χ1n) is 10.8. The van der Waals surface area contributed by atoms with Gasteiger partial charge in [-0.2, -0.15) is 0 Å². The van der Waals surface area contributed by atoms with Gasteiger partial charge in [-0.15, -0.1) is 12.4 Å². The molecule has 0 aromatic heterocycles. The fourth-order valence-corrected chi connectivity index (χ4v) is 4.94. The molecule has 182 valence electrons. The summed E-state index contributed by atoms with van der Waals surface area (Å²) in [6.07, 6.45) is 1.77. The van der Waals surface area contributed by atoms with Crippen molar-refractivity contribution < 1.29 is 17.5 Å². The van der Waals surface area contributed by atoms with E-state index in [2.05, 4.69) is 22.0 Å². The highest BCUT2D eigenvalue weighted by atomic mass is 35.5. The molecule has 0 aliphatic carbocycles. The lowest BCUT2D eigenvalue weighted by Gasteiger charge is -2.16. The summed E-state index contributed by atoms with van der Waals surface area (Å²) in [6.45, 7) is 2.38. The van der Waals surface area contributed by atoms with E-state index in [0.29, 0.717) is 18.0 Å². The van der Waals surface area contributed by atoms with E-state index in [-0.39, 0.29) is 23.1 Å². The van der Waals surface area contributed by atoms with Crippen molar-refractivity contribution in [2.75, 3.05) is 37.3 Å². The van der Waals surface area contributed by atoms with Crippen LogP contribution in [0.2, 0.25) is 0 Å². The van der Waals surface area contributed by atoms with Gasteiger partial charge >= 0.3 is 0 Å². The van der Waals surface area contributed by atoms with Crippen LogP contribution < -0.4 is 14.8 Å². The lowest BCUT2D eigenvalue weighted by Crippen LogP contribution is -2.20. The molecule has 3 aromatic carbocycles. The van der Waals surface area contributed by atoms with Crippen molar-refractivity contribution in [3.05, 3.63) is 83.2 Å². The number of nitrogens with zero attached hydrogens (tertiary/aromatic N) is 1. The molecule has 0 spiro atoms. The van der Waals surface area contributed by atoms with Crippen molar-refractivity contribution in [3.8, 4) is 5.75 Å². The number of methoxy groups -OCH3 is 1. The Balaban J connectivity index is 0.00000324. The minimum absolute atomic E-state index is 0. The zero-order valence-corrected chi connectivity index (χ0v) is 20.8. The van der Waals surface area contributed by atoms with Gasteiger partial charge in [0, 0.05) is 25.3 Å². The predicted octanol–water partition coefficient (Wildman–Crippen LogP) is 4.70. The molecule has 9 heteroatoms. The van der Waals surface area contributed by atoms with Crippen LogP contribution in [0, 0.1) is 5.82 Å². The molecule has 0 saturated carbocycles. The summed E-state index contributed by atoms with van der Waals surface area (Å²) in [7, 11) is -0.148. The predicted molar refractivity (Wildman–Crippen MR) is 136 cm³/mol. The third-order valence-electron chi connectivity index (χ3n) is 5.87. The Morgan fingerprint density at radius 3 is 2.21 bits per heavy atom. The normalized spacial score (nSPS) is 13.9. The largest absolute Gasteiger partial charge is 0.495 e. The Bertz CT molecular complexity index is 1220. The number of sulfonamides is 1. The van der Waals surface area contributed by atoms with E-state index >= 15 is 0 Å². The lowest BCUT2D eigenvalue weighted by atomic mass is 10.0. The SMILES string of the molecule is COc1cc2c(cc1NS(=O)(=O)c1ccc(CNc3ccc(F)cc3)cc1)CCN(C)CC2.Cl. The molecule has 0 atom stereocenters. The van der Waals surface area contributed by atoms with Gasteiger partial charge in [0.1, 0.15) is 11.6 Å². The Labute approximate surface area is 206 Å². The minimum atomic E-state index is -3.78. The van der Waals surface area contributed by atoms with Crippen LogP contribution in [0.3, 0.4) is 0 Å². The number of nitrogens with one attached hydrogen (secondary N) is 2. The Hall–Kier alpha value is -2.81.